The van der Waals surface area contributed by atoms with E-state index in [1.807, 2.05) is 11.3 Å². The maximum atomic E-state index is 13.2. The van der Waals surface area contributed by atoms with E-state index in [2.05, 4.69) is 21.7 Å². The second kappa shape index (κ2) is 6.06. The number of fused-ring (bicyclic) bond motifs is 1. The van der Waals surface area contributed by atoms with Crippen LogP contribution in [0.5, 0.6) is 0 Å². The van der Waals surface area contributed by atoms with Crippen molar-refractivity contribution in [2.45, 2.75) is 25.3 Å². The summed E-state index contributed by atoms with van der Waals surface area (Å²) in [4.78, 5) is 16.1. The number of nitrogens with zero attached hydrogens (tertiary/aromatic N) is 1. The Morgan fingerprint density at radius 3 is 3.00 bits per heavy atom. The van der Waals surface area contributed by atoms with Gasteiger partial charge in [-0.3, -0.25) is 9.69 Å². The molecule has 0 bridgehead atoms. The van der Waals surface area contributed by atoms with Gasteiger partial charge in [0.25, 0.3) is 0 Å². The van der Waals surface area contributed by atoms with Gasteiger partial charge in [0.05, 0.1) is 6.54 Å². The summed E-state index contributed by atoms with van der Waals surface area (Å²) in [6.07, 6.45) is 3.52. The summed E-state index contributed by atoms with van der Waals surface area (Å²) < 4.78 is 13.2. The normalized spacial score (nSPS) is 21.0. The fourth-order valence-electron chi connectivity index (χ4n) is 3.49. The lowest BCUT2D eigenvalue weighted by Crippen LogP contribution is -2.41. The summed E-state index contributed by atoms with van der Waals surface area (Å²) in [7, 11) is 0. The summed E-state index contributed by atoms with van der Waals surface area (Å²) in [6, 6.07) is 8.65. The summed E-state index contributed by atoms with van der Waals surface area (Å²) >= 11 is 1.83. The Hall–Kier alpha value is -1.72. The molecule has 1 aromatic heterocycles. The highest BCUT2D eigenvalue weighted by Crippen LogP contribution is 2.48. The van der Waals surface area contributed by atoms with Crippen LogP contribution in [0.25, 0.3) is 0 Å². The van der Waals surface area contributed by atoms with Gasteiger partial charge in [0.1, 0.15) is 5.82 Å². The molecular formula is C18H19FN2OS. The van der Waals surface area contributed by atoms with Crippen LogP contribution in [0.1, 0.15) is 29.3 Å². The molecular weight excluding hydrogens is 311 g/mol. The highest BCUT2D eigenvalue weighted by atomic mass is 32.1. The van der Waals surface area contributed by atoms with Crippen molar-refractivity contribution in [1.29, 1.82) is 0 Å². The largest absolute Gasteiger partial charge is 0.325 e. The van der Waals surface area contributed by atoms with Gasteiger partial charge in [-0.1, -0.05) is 6.07 Å². The monoisotopic (exact) mass is 330 g/mol. The van der Waals surface area contributed by atoms with Gasteiger partial charge in [0, 0.05) is 23.2 Å². The fraction of sp³-hybridized carbons (Fsp3) is 0.389. The van der Waals surface area contributed by atoms with Crippen molar-refractivity contribution in [1.82, 2.24) is 4.90 Å². The smallest absolute Gasteiger partial charge is 0.238 e. The molecule has 0 radical (unpaired) electrons. The van der Waals surface area contributed by atoms with E-state index >= 15 is 0 Å². The minimum absolute atomic E-state index is 0.0695. The first-order chi connectivity index (χ1) is 11.2. The van der Waals surface area contributed by atoms with Gasteiger partial charge in [-0.2, -0.15) is 0 Å². The Morgan fingerprint density at radius 1 is 1.35 bits per heavy atom. The van der Waals surface area contributed by atoms with Crippen LogP contribution < -0.4 is 5.32 Å². The van der Waals surface area contributed by atoms with Crippen molar-refractivity contribution >= 4 is 22.9 Å². The molecule has 120 valence electrons. The van der Waals surface area contributed by atoms with E-state index in [0.717, 1.165) is 13.0 Å². The van der Waals surface area contributed by atoms with Crippen molar-refractivity contribution in [3.05, 3.63) is 52.0 Å². The lowest BCUT2D eigenvalue weighted by molar-refractivity contribution is -0.118. The highest BCUT2D eigenvalue weighted by molar-refractivity contribution is 7.10. The zero-order valence-corrected chi connectivity index (χ0v) is 13.6. The number of hydrogen-bond acceptors (Lipinski definition) is 3. The second-order valence-electron chi connectivity index (χ2n) is 6.36. The Morgan fingerprint density at radius 2 is 2.22 bits per heavy atom. The van der Waals surface area contributed by atoms with Crippen LogP contribution in [0.15, 0.2) is 35.7 Å². The minimum atomic E-state index is -0.334. The highest BCUT2D eigenvalue weighted by Gasteiger charge is 2.40. The third-order valence-corrected chi connectivity index (χ3v) is 5.64. The maximum Gasteiger partial charge on any atom is 0.238 e. The molecule has 2 aliphatic rings. The predicted molar refractivity (Wildman–Crippen MR) is 90.1 cm³/mol. The van der Waals surface area contributed by atoms with Crippen LogP contribution in [0.2, 0.25) is 0 Å². The number of anilines is 1. The van der Waals surface area contributed by atoms with E-state index in [-0.39, 0.29) is 11.7 Å². The van der Waals surface area contributed by atoms with Gasteiger partial charge in [-0.05, 0) is 60.4 Å². The SMILES string of the molecule is O=C(CN1CCc2sccc2[C@H]1C1CC1)Nc1cccc(F)c1. The number of thiophene rings is 1. The quantitative estimate of drug-likeness (QED) is 0.924. The van der Waals surface area contributed by atoms with Gasteiger partial charge in [0.2, 0.25) is 5.91 Å². The lowest BCUT2D eigenvalue weighted by atomic mass is 9.96. The zero-order chi connectivity index (χ0) is 15.8. The number of benzene rings is 1. The molecule has 2 heterocycles. The first kappa shape index (κ1) is 14.8. The maximum absolute atomic E-state index is 13.2. The molecule has 0 unspecified atom stereocenters. The lowest BCUT2D eigenvalue weighted by Gasteiger charge is -2.35. The summed E-state index contributed by atoms with van der Waals surface area (Å²) in [6.45, 7) is 1.29. The van der Waals surface area contributed by atoms with E-state index in [1.165, 1.54) is 35.4 Å². The molecule has 1 atom stereocenters. The first-order valence-electron chi connectivity index (χ1n) is 8.06. The van der Waals surface area contributed by atoms with Crippen LogP contribution in [0.3, 0.4) is 0 Å². The van der Waals surface area contributed by atoms with Crippen LogP contribution >= 0.6 is 11.3 Å². The summed E-state index contributed by atoms with van der Waals surface area (Å²) in [5.74, 6) is 0.282. The number of halogens is 1. The van der Waals surface area contributed by atoms with Gasteiger partial charge >= 0.3 is 0 Å². The summed E-state index contributed by atoms with van der Waals surface area (Å²) in [5, 5.41) is 4.97. The van der Waals surface area contributed by atoms with Gasteiger partial charge in [-0.25, -0.2) is 4.39 Å². The molecule has 1 fully saturated rings. The van der Waals surface area contributed by atoms with Crippen LogP contribution in [-0.4, -0.2) is 23.9 Å². The molecule has 23 heavy (non-hydrogen) atoms. The van der Waals surface area contributed by atoms with Crippen molar-refractivity contribution < 1.29 is 9.18 Å². The van der Waals surface area contributed by atoms with E-state index in [1.54, 1.807) is 12.1 Å². The van der Waals surface area contributed by atoms with Crippen molar-refractivity contribution in [2.24, 2.45) is 5.92 Å². The van der Waals surface area contributed by atoms with E-state index in [9.17, 15) is 9.18 Å². The Labute approximate surface area is 139 Å². The van der Waals surface area contributed by atoms with E-state index in [4.69, 9.17) is 0 Å². The fourth-order valence-corrected chi connectivity index (χ4v) is 4.40. The Kier molecular flexibility index (Phi) is 3.91. The molecule has 0 saturated heterocycles. The van der Waals surface area contributed by atoms with E-state index in [0.29, 0.717) is 24.2 Å². The average molecular weight is 330 g/mol. The molecule has 1 aliphatic heterocycles. The number of carbonyl (C=O) groups is 1. The molecule has 5 heteroatoms. The molecule has 0 spiro atoms. The van der Waals surface area contributed by atoms with Gasteiger partial charge < -0.3 is 5.32 Å². The topological polar surface area (TPSA) is 32.3 Å². The number of amides is 1. The van der Waals surface area contributed by atoms with Crippen LogP contribution in [0.4, 0.5) is 10.1 Å². The van der Waals surface area contributed by atoms with Crippen molar-refractivity contribution in [2.75, 3.05) is 18.4 Å². The Bertz CT molecular complexity index is 725. The van der Waals surface area contributed by atoms with Crippen molar-refractivity contribution in [3.63, 3.8) is 0 Å². The van der Waals surface area contributed by atoms with Gasteiger partial charge in [0.15, 0.2) is 0 Å². The molecule has 2 aromatic rings. The minimum Gasteiger partial charge on any atom is -0.325 e. The number of hydrogen-bond donors (Lipinski definition) is 1. The predicted octanol–water partition coefficient (Wildman–Crippen LogP) is 3.84. The first-order valence-corrected chi connectivity index (χ1v) is 8.94. The number of nitrogens with one attached hydrogen (secondary N) is 1. The Balaban J connectivity index is 1.46. The zero-order valence-electron chi connectivity index (χ0n) is 12.8. The standard InChI is InChI=1S/C18H19FN2OS/c19-13-2-1-3-14(10-13)20-17(22)11-21-8-6-16-15(7-9-23-16)18(21)12-4-5-12/h1-3,7,9-10,12,18H,4-6,8,11H2,(H,20,22)/t18-/m1/s1. The molecule has 1 aliphatic carbocycles. The molecule has 1 aromatic carbocycles. The summed E-state index contributed by atoms with van der Waals surface area (Å²) in [5.41, 5.74) is 1.94. The number of rotatable bonds is 4. The van der Waals surface area contributed by atoms with Crippen molar-refractivity contribution in [3.8, 4) is 0 Å². The third kappa shape index (κ3) is 3.16. The molecule has 1 N–H and O–H groups in total. The second-order valence-corrected chi connectivity index (χ2v) is 7.36. The molecule has 4 rings (SSSR count). The van der Waals surface area contributed by atoms with Crippen LogP contribution in [0, 0.1) is 11.7 Å². The molecule has 3 nitrogen and oxygen atoms in total. The number of carbonyl (C=O) groups excluding carboxylic acids is 1. The molecule has 1 saturated carbocycles. The van der Waals surface area contributed by atoms with Crippen LogP contribution in [-0.2, 0) is 11.2 Å². The van der Waals surface area contributed by atoms with Gasteiger partial charge in [-0.15, -0.1) is 11.3 Å². The average Bonchev–Trinajstić information content (AvgIpc) is 3.23. The third-order valence-electron chi connectivity index (χ3n) is 4.64. The molecule has 1 amide bonds. The van der Waals surface area contributed by atoms with E-state index < -0.39 is 0 Å².